The van der Waals surface area contributed by atoms with Crippen LogP contribution in [0, 0.1) is 0 Å². The molecule has 1 saturated heterocycles. The summed E-state index contributed by atoms with van der Waals surface area (Å²) < 4.78 is 13.9. The van der Waals surface area contributed by atoms with Gasteiger partial charge in [-0.25, -0.2) is 4.68 Å². The van der Waals surface area contributed by atoms with Gasteiger partial charge in [0.2, 0.25) is 0 Å². The summed E-state index contributed by atoms with van der Waals surface area (Å²) in [6.07, 6.45) is 1.81. The molecule has 2 aromatic carbocycles. The topological polar surface area (TPSA) is 53.4 Å². The van der Waals surface area contributed by atoms with Crippen molar-refractivity contribution in [3.8, 4) is 22.7 Å². The second-order valence-electron chi connectivity index (χ2n) is 9.90. The van der Waals surface area contributed by atoms with Gasteiger partial charge < -0.3 is 9.47 Å². The molecule has 0 spiro atoms. The first kappa shape index (κ1) is 22.3. The van der Waals surface area contributed by atoms with Gasteiger partial charge in [-0.3, -0.25) is 4.79 Å². The second kappa shape index (κ2) is 8.21. The molecule has 0 amide bonds. The van der Waals surface area contributed by atoms with E-state index in [1.54, 1.807) is 14.0 Å². The highest BCUT2D eigenvalue weighted by Gasteiger charge is 2.41. The highest BCUT2D eigenvalue weighted by molar-refractivity contribution is 5.94. The molecule has 0 bridgehead atoms. The lowest BCUT2D eigenvalue weighted by Crippen LogP contribution is -2.44. The predicted octanol–water partition coefficient (Wildman–Crippen LogP) is 6.20. The van der Waals surface area contributed by atoms with Crippen molar-refractivity contribution in [3.05, 3.63) is 65.9 Å². The lowest BCUT2D eigenvalue weighted by atomic mass is 9.79. The fourth-order valence-electron chi connectivity index (χ4n) is 4.97. The molecule has 32 heavy (non-hydrogen) atoms. The van der Waals surface area contributed by atoms with Crippen LogP contribution < -0.4 is 4.74 Å². The van der Waals surface area contributed by atoms with Gasteiger partial charge in [-0.2, -0.15) is 5.10 Å². The van der Waals surface area contributed by atoms with Crippen molar-refractivity contribution in [1.82, 2.24) is 9.78 Å². The third-order valence-electron chi connectivity index (χ3n) is 6.08. The van der Waals surface area contributed by atoms with Gasteiger partial charge in [0, 0.05) is 17.0 Å². The number of para-hydroxylation sites is 2. The molecular formula is C27H32N2O3. The van der Waals surface area contributed by atoms with E-state index < -0.39 is 0 Å². The summed E-state index contributed by atoms with van der Waals surface area (Å²) in [4.78, 5) is 11.8. The summed E-state index contributed by atoms with van der Waals surface area (Å²) in [5.41, 5.74) is 4.18. The largest absolute Gasteiger partial charge is 0.494 e. The number of Topliss-reactive ketones (excluding diaryl/α,β-unsaturated/α-hetero) is 1. The average molecular weight is 433 g/mol. The van der Waals surface area contributed by atoms with Gasteiger partial charge >= 0.3 is 0 Å². The smallest absolute Gasteiger partial charge is 0.159 e. The first-order valence-electron chi connectivity index (χ1n) is 11.1. The van der Waals surface area contributed by atoms with Gasteiger partial charge in [-0.05, 0) is 65.7 Å². The molecule has 1 aliphatic heterocycles. The summed E-state index contributed by atoms with van der Waals surface area (Å²) >= 11 is 0. The molecule has 1 aliphatic rings. The summed E-state index contributed by atoms with van der Waals surface area (Å²) in [7, 11) is 1.67. The Morgan fingerprint density at radius 3 is 2.25 bits per heavy atom. The second-order valence-corrected chi connectivity index (χ2v) is 9.90. The van der Waals surface area contributed by atoms with Crippen LogP contribution in [0.3, 0.4) is 0 Å². The lowest BCUT2D eigenvalue weighted by Gasteiger charge is -2.45. The van der Waals surface area contributed by atoms with Crippen LogP contribution in [0.4, 0.5) is 0 Å². The molecule has 4 rings (SSSR count). The van der Waals surface area contributed by atoms with Crippen LogP contribution in [-0.4, -0.2) is 33.9 Å². The molecule has 2 heterocycles. The fourth-order valence-corrected chi connectivity index (χ4v) is 4.97. The van der Waals surface area contributed by atoms with Crippen molar-refractivity contribution in [3.63, 3.8) is 0 Å². The zero-order valence-corrected chi connectivity index (χ0v) is 19.8. The number of hydrogen-bond donors (Lipinski definition) is 0. The summed E-state index contributed by atoms with van der Waals surface area (Å²) in [6.45, 7) is 10.2. The number of rotatable bonds is 5. The first-order valence-corrected chi connectivity index (χ1v) is 11.1. The first-order chi connectivity index (χ1) is 15.1. The normalized spacial score (nSPS) is 17.8. The Kier molecular flexibility index (Phi) is 5.72. The maximum Gasteiger partial charge on any atom is 0.159 e. The van der Waals surface area contributed by atoms with Gasteiger partial charge in [0.05, 0.1) is 29.7 Å². The van der Waals surface area contributed by atoms with Crippen molar-refractivity contribution in [2.24, 2.45) is 0 Å². The number of aromatic nitrogens is 2. The van der Waals surface area contributed by atoms with Gasteiger partial charge in [0.1, 0.15) is 11.4 Å². The molecule has 1 aromatic heterocycles. The van der Waals surface area contributed by atoms with E-state index >= 15 is 0 Å². The molecule has 0 saturated carbocycles. The Hall–Kier alpha value is -2.92. The Morgan fingerprint density at radius 2 is 1.66 bits per heavy atom. The third kappa shape index (κ3) is 4.49. The zero-order valence-electron chi connectivity index (χ0n) is 19.8. The van der Waals surface area contributed by atoms with Crippen LogP contribution >= 0.6 is 0 Å². The number of benzene rings is 2. The molecule has 168 valence electrons. The minimum absolute atomic E-state index is 0.0575. The Morgan fingerprint density at radius 1 is 1.03 bits per heavy atom. The predicted molar refractivity (Wildman–Crippen MR) is 127 cm³/mol. The van der Waals surface area contributed by atoms with Crippen molar-refractivity contribution in [2.45, 2.75) is 64.6 Å². The van der Waals surface area contributed by atoms with E-state index in [9.17, 15) is 4.79 Å². The molecule has 0 aliphatic carbocycles. The Balaban J connectivity index is 1.84. The van der Waals surface area contributed by atoms with E-state index in [0.717, 1.165) is 41.2 Å². The van der Waals surface area contributed by atoms with Crippen LogP contribution in [-0.2, 0) is 4.74 Å². The molecular weight excluding hydrogens is 400 g/mol. The van der Waals surface area contributed by atoms with E-state index in [2.05, 4.69) is 33.8 Å². The summed E-state index contributed by atoms with van der Waals surface area (Å²) in [5.74, 6) is 1.10. The third-order valence-corrected chi connectivity index (χ3v) is 6.08. The van der Waals surface area contributed by atoms with Gasteiger partial charge in [-0.15, -0.1) is 0 Å². The van der Waals surface area contributed by atoms with Crippen molar-refractivity contribution >= 4 is 5.78 Å². The fraction of sp³-hybridized carbons (Fsp3) is 0.407. The quantitative estimate of drug-likeness (QED) is 0.450. The van der Waals surface area contributed by atoms with E-state index in [-0.39, 0.29) is 22.9 Å². The molecule has 5 nitrogen and oxygen atoms in total. The highest BCUT2D eigenvalue weighted by atomic mass is 16.5. The number of ether oxygens (including phenoxy) is 2. The minimum Gasteiger partial charge on any atom is -0.494 e. The van der Waals surface area contributed by atoms with Gasteiger partial charge in [0.25, 0.3) is 0 Å². The van der Waals surface area contributed by atoms with Gasteiger partial charge in [-0.1, -0.05) is 36.4 Å². The molecule has 5 heteroatoms. The number of nitrogens with zero attached hydrogens (tertiary/aromatic N) is 2. The van der Waals surface area contributed by atoms with Crippen LogP contribution in [0.25, 0.3) is 16.9 Å². The molecule has 0 N–H and O–H groups in total. The highest BCUT2D eigenvalue weighted by Crippen LogP contribution is 2.44. The zero-order chi connectivity index (χ0) is 23.1. The van der Waals surface area contributed by atoms with Crippen LogP contribution in [0.1, 0.15) is 69.4 Å². The Labute approximate surface area is 190 Å². The summed E-state index contributed by atoms with van der Waals surface area (Å²) in [6, 6.07) is 17.8. The lowest BCUT2D eigenvalue weighted by molar-refractivity contribution is -0.162. The summed E-state index contributed by atoms with van der Waals surface area (Å²) in [5, 5.41) is 5.09. The maximum absolute atomic E-state index is 11.8. The molecule has 1 fully saturated rings. The number of carbonyl (C=O) groups excluding carboxylic acids is 1. The number of carbonyl (C=O) groups is 1. The maximum atomic E-state index is 11.8. The van der Waals surface area contributed by atoms with Crippen LogP contribution in [0.5, 0.6) is 5.75 Å². The van der Waals surface area contributed by atoms with E-state index in [1.165, 1.54) is 0 Å². The van der Waals surface area contributed by atoms with Gasteiger partial charge in [0.15, 0.2) is 5.78 Å². The van der Waals surface area contributed by atoms with Crippen molar-refractivity contribution in [2.75, 3.05) is 7.11 Å². The van der Waals surface area contributed by atoms with Crippen LogP contribution in [0.2, 0.25) is 0 Å². The standard InChI is InChI=1S/C27H32N2O3/c1-18(30)19-11-13-20(14-12-19)24-15-22(21-16-26(2,3)32-27(4,5)17-21)28-29(24)23-9-7-8-10-25(23)31-6/h7-15,21H,16-17H2,1-6H3. The van der Waals surface area contributed by atoms with E-state index in [1.807, 2.05) is 53.2 Å². The average Bonchev–Trinajstić information content (AvgIpc) is 3.17. The van der Waals surface area contributed by atoms with E-state index in [4.69, 9.17) is 14.6 Å². The van der Waals surface area contributed by atoms with Crippen molar-refractivity contribution < 1.29 is 14.3 Å². The van der Waals surface area contributed by atoms with Crippen molar-refractivity contribution in [1.29, 1.82) is 0 Å². The Bertz CT molecular complexity index is 1110. The molecule has 3 aromatic rings. The number of methoxy groups -OCH3 is 1. The number of hydrogen-bond acceptors (Lipinski definition) is 4. The molecule has 0 radical (unpaired) electrons. The van der Waals surface area contributed by atoms with Crippen LogP contribution in [0.15, 0.2) is 54.6 Å². The number of ketones is 1. The monoisotopic (exact) mass is 432 g/mol. The minimum atomic E-state index is -0.218. The SMILES string of the molecule is COc1ccccc1-n1nc(C2CC(C)(C)OC(C)(C)C2)cc1-c1ccc(C(C)=O)cc1. The molecule has 0 unspecified atom stereocenters. The molecule has 0 atom stereocenters. The van der Waals surface area contributed by atoms with E-state index in [0.29, 0.717) is 5.56 Å².